The first-order chi connectivity index (χ1) is 6.74. The molecule has 2 heteroatoms. The van der Waals surface area contributed by atoms with E-state index < -0.39 is 0 Å². The fourth-order valence-electron chi connectivity index (χ4n) is 1.44. The summed E-state index contributed by atoms with van der Waals surface area (Å²) in [6.45, 7) is 4.81. The molecule has 0 bridgehead atoms. The van der Waals surface area contributed by atoms with Gasteiger partial charge in [0.25, 0.3) is 0 Å². The molecule has 2 unspecified atom stereocenters. The molecule has 0 aromatic heterocycles. The molecule has 1 aromatic carbocycles. The molecule has 0 radical (unpaired) electrons. The molecule has 0 fully saturated rings. The van der Waals surface area contributed by atoms with Gasteiger partial charge in [0.15, 0.2) is 0 Å². The highest BCUT2D eigenvalue weighted by Gasteiger charge is 2.11. The van der Waals surface area contributed by atoms with Crippen LogP contribution in [0.3, 0.4) is 0 Å². The second kappa shape index (κ2) is 6.05. The zero-order valence-electron chi connectivity index (χ0n) is 8.74. The second-order valence-electron chi connectivity index (χ2n) is 3.38. The van der Waals surface area contributed by atoms with Crippen LogP contribution >= 0.6 is 11.6 Å². The first-order valence-electron chi connectivity index (χ1n) is 5.04. The lowest BCUT2D eigenvalue weighted by Crippen LogP contribution is -2.10. The molecule has 0 heterocycles. The molecule has 78 valence electrons. The van der Waals surface area contributed by atoms with Crippen LogP contribution in [0.4, 0.5) is 0 Å². The Morgan fingerprint density at radius 1 is 1.29 bits per heavy atom. The van der Waals surface area contributed by atoms with E-state index in [0.29, 0.717) is 0 Å². The molecule has 0 spiro atoms. The van der Waals surface area contributed by atoms with Crippen molar-refractivity contribution < 1.29 is 4.74 Å². The minimum absolute atomic E-state index is 0.0535. The van der Waals surface area contributed by atoms with Gasteiger partial charge in [0.1, 0.15) is 0 Å². The number of rotatable bonds is 5. The summed E-state index contributed by atoms with van der Waals surface area (Å²) in [4.78, 5) is 0. The van der Waals surface area contributed by atoms with Crippen LogP contribution in [-0.4, -0.2) is 12.7 Å². The van der Waals surface area contributed by atoms with Gasteiger partial charge in [0, 0.05) is 6.61 Å². The molecule has 0 N–H and O–H groups in total. The zero-order chi connectivity index (χ0) is 10.4. The second-order valence-corrected chi connectivity index (χ2v) is 3.91. The Bertz CT molecular complexity index is 248. The summed E-state index contributed by atoms with van der Waals surface area (Å²) < 4.78 is 5.45. The van der Waals surface area contributed by atoms with Gasteiger partial charge in [-0.3, -0.25) is 0 Å². The fourth-order valence-corrected chi connectivity index (χ4v) is 1.84. The van der Waals surface area contributed by atoms with E-state index in [-0.39, 0.29) is 11.5 Å². The van der Waals surface area contributed by atoms with E-state index in [9.17, 15) is 0 Å². The smallest absolute Gasteiger partial charge is 0.0609 e. The number of ether oxygens (including phenoxy) is 1. The van der Waals surface area contributed by atoms with Crippen LogP contribution in [0.5, 0.6) is 0 Å². The predicted molar refractivity (Wildman–Crippen MR) is 60.7 cm³/mol. The maximum atomic E-state index is 6.26. The molecule has 2 atom stereocenters. The highest BCUT2D eigenvalue weighted by molar-refractivity contribution is 6.20. The Morgan fingerprint density at radius 3 is 2.50 bits per heavy atom. The maximum absolute atomic E-state index is 6.26. The average Bonchev–Trinajstić information content (AvgIpc) is 2.19. The van der Waals surface area contributed by atoms with Crippen LogP contribution in [0, 0.1) is 0 Å². The number of hydrogen-bond donors (Lipinski definition) is 0. The Balaban J connectivity index is 2.46. The Morgan fingerprint density at radius 2 is 1.93 bits per heavy atom. The van der Waals surface area contributed by atoms with Gasteiger partial charge >= 0.3 is 0 Å². The number of hydrogen-bond acceptors (Lipinski definition) is 1. The number of halogens is 1. The molecule has 0 saturated heterocycles. The third-order valence-electron chi connectivity index (χ3n) is 2.15. The summed E-state index contributed by atoms with van der Waals surface area (Å²) in [5.74, 6) is 0. The highest BCUT2D eigenvalue weighted by Crippen LogP contribution is 2.25. The molecular weight excluding hydrogens is 196 g/mol. The van der Waals surface area contributed by atoms with Gasteiger partial charge in [-0.25, -0.2) is 0 Å². The standard InChI is InChI=1S/C12H17ClO/c1-3-14-10(2)9-12(13)11-7-5-4-6-8-11/h4-8,10,12H,3,9H2,1-2H3. The van der Waals surface area contributed by atoms with E-state index >= 15 is 0 Å². The molecule has 0 aliphatic heterocycles. The van der Waals surface area contributed by atoms with E-state index in [1.54, 1.807) is 0 Å². The summed E-state index contributed by atoms with van der Waals surface area (Å²) in [5, 5.41) is 0.0535. The summed E-state index contributed by atoms with van der Waals surface area (Å²) in [7, 11) is 0. The Kier molecular flexibility index (Phi) is 4.99. The first-order valence-corrected chi connectivity index (χ1v) is 5.48. The summed E-state index contributed by atoms with van der Waals surface area (Å²) in [6.07, 6.45) is 1.09. The van der Waals surface area contributed by atoms with E-state index in [2.05, 4.69) is 19.1 Å². The number of alkyl halides is 1. The van der Waals surface area contributed by atoms with E-state index in [4.69, 9.17) is 16.3 Å². The molecule has 1 aromatic rings. The predicted octanol–water partition coefficient (Wildman–Crippen LogP) is 3.78. The van der Waals surface area contributed by atoms with Crippen molar-refractivity contribution in [3.63, 3.8) is 0 Å². The van der Waals surface area contributed by atoms with Crippen molar-refractivity contribution in [2.45, 2.75) is 31.7 Å². The van der Waals surface area contributed by atoms with E-state index in [1.165, 1.54) is 5.56 Å². The normalized spacial score (nSPS) is 15.1. The first kappa shape index (κ1) is 11.5. The third kappa shape index (κ3) is 3.69. The van der Waals surface area contributed by atoms with Gasteiger partial charge in [-0.15, -0.1) is 11.6 Å². The van der Waals surface area contributed by atoms with Crippen molar-refractivity contribution in [2.24, 2.45) is 0 Å². The van der Waals surface area contributed by atoms with Crippen LogP contribution in [0.15, 0.2) is 30.3 Å². The molecule has 14 heavy (non-hydrogen) atoms. The molecule has 1 nitrogen and oxygen atoms in total. The summed E-state index contributed by atoms with van der Waals surface area (Å²) in [6, 6.07) is 10.1. The Labute approximate surface area is 91.0 Å². The van der Waals surface area contributed by atoms with Crippen molar-refractivity contribution in [2.75, 3.05) is 6.61 Å². The van der Waals surface area contributed by atoms with Gasteiger partial charge < -0.3 is 4.74 Å². The molecule has 1 rings (SSSR count). The van der Waals surface area contributed by atoms with E-state index in [1.807, 2.05) is 25.1 Å². The van der Waals surface area contributed by atoms with Crippen LogP contribution < -0.4 is 0 Å². The zero-order valence-corrected chi connectivity index (χ0v) is 9.50. The van der Waals surface area contributed by atoms with Crippen molar-refractivity contribution in [3.05, 3.63) is 35.9 Å². The molecular formula is C12H17ClO. The van der Waals surface area contributed by atoms with Gasteiger partial charge in [-0.2, -0.15) is 0 Å². The van der Waals surface area contributed by atoms with Crippen LogP contribution in [0.2, 0.25) is 0 Å². The third-order valence-corrected chi connectivity index (χ3v) is 2.58. The van der Waals surface area contributed by atoms with Crippen molar-refractivity contribution in [1.82, 2.24) is 0 Å². The fraction of sp³-hybridized carbons (Fsp3) is 0.500. The largest absolute Gasteiger partial charge is 0.379 e. The highest BCUT2D eigenvalue weighted by atomic mass is 35.5. The lowest BCUT2D eigenvalue weighted by molar-refractivity contribution is 0.0697. The Hall–Kier alpha value is -0.530. The van der Waals surface area contributed by atoms with Crippen LogP contribution in [0.25, 0.3) is 0 Å². The summed E-state index contributed by atoms with van der Waals surface area (Å²) in [5.41, 5.74) is 1.17. The topological polar surface area (TPSA) is 9.23 Å². The van der Waals surface area contributed by atoms with E-state index in [0.717, 1.165) is 13.0 Å². The average molecular weight is 213 g/mol. The van der Waals surface area contributed by atoms with Crippen molar-refractivity contribution >= 4 is 11.6 Å². The molecule has 0 aliphatic carbocycles. The lowest BCUT2D eigenvalue weighted by atomic mass is 10.1. The van der Waals surface area contributed by atoms with Gasteiger partial charge in [-0.1, -0.05) is 30.3 Å². The maximum Gasteiger partial charge on any atom is 0.0609 e. The van der Waals surface area contributed by atoms with Crippen LogP contribution in [0.1, 0.15) is 31.2 Å². The molecule has 0 saturated carbocycles. The molecule has 0 amide bonds. The monoisotopic (exact) mass is 212 g/mol. The lowest BCUT2D eigenvalue weighted by Gasteiger charge is -2.15. The number of benzene rings is 1. The quantitative estimate of drug-likeness (QED) is 0.675. The van der Waals surface area contributed by atoms with Crippen LogP contribution in [-0.2, 0) is 4.74 Å². The van der Waals surface area contributed by atoms with Gasteiger partial charge in [0.2, 0.25) is 0 Å². The van der Waals surface area contributed by atoms with Gasteiger partial charge in [0.05, 0.1) is 11.5 Å². The SMILES string of the molecule is CCOC(C)CC(Cl)c1ccccc1. The van der Waals surface area contributed by atoms with Crippen molar-refractivity contribution in [1.29, 1.82) is 0 Å². The van der Waals surface area contributed by atoms with Gasteiger partial charge in [-0.05, 0) is 25.8 Å². The van der Waals surface area contributed by atoms with Crippen molar-refractivity contribution in [3.8, 4) is 0 Å². The summed E-state index contributed by atoms with van der Waals surface area (Å²) >= 11 is 6.26. The molecule has 0 aliphatic rings. The minimum Gasteiger partial charge on any atom is -0.379 e. The minimum atomic E-state index is 0.0535.